The number of hydroxylamine groups is 1. The van der Waals surface area contributed by atoms with Crippen LogP contribution in [0.25, 0.3) is 0 Å². The van der Waals surface area contributed by atoms with E-state index in [1.165, 1.54) is 39.0 Å². The van der Waals surface area contributed by atoms with E-state index in [2.05, 4.69) is 38.3 Å². The van der Waals surface area contributed by atoms with Gasteiger partial charge in [0.15, 0.2) is 18.4 Å². The van der Waals surface area contributed by atoms with E-state index in [0.717, 1.165) is 69.6 Å². The summed E-state index contributed by atoms with van der Waals surface area (Å²) >= 11 is 0. The Morgan fingerprint density at radius 2 is 1.54 bits per heavy atom. The van der Waals surface area contributed by atoms with Crippen LogP contribution in [0, 0.1) is 70.0 Å². The number of nitrogens with one attached hydrogen (secondary N) is 3. The standard InChI is InChI=1S/C61H103N3O16/c1-8-37-27-38(44(67)15-12-24-62-50(70)21-16-33(3)41-19-20-42-40-18-17-39-25-32(2)22-23-60(39,6)43(40)29-49(69)61(41,42)7)28-47(56(37)80-59-55(74)54(73)52(71)34(4)76-59)78-58-51(64-35(5)66)57(53(72)48(31-65)79-58)77-46(45(68)30-63-75)26-36-13-10-9-11-14-36/h32-34,36-43,46-49,51-59,63,65,69,71-75H,8-31H2,1-7H3,(H,62,70)(H,64,66)/t32-,33-,34+,37-,38?,39-,40+,41-,42+,43+,46+,47-,48+,49+,51?,52+,53+,54?,55+,56-,57?,58-,59?,60+,61-/m1/s1. The summed E-state index contributed by atoms with van der Waals surface area (Å²) in [5.74, 6) is 1.96. The van der Waals surface area contributed by atoms with E-state index in [0.29, 0.717) is 67.7 Å². The van der Waals surface area contributed by atoms with Crippen LogP contribution in [0.4, 0.5) is 0 Å². The number of ether oxygens (including phenoxy) is 5. The van der Waals surface area contributed by atoms with Crippen molar-refractivity contribution in [3.8, 4) is 0 Å². The summed E-state index contributed by atoms with van der Waals surface area (Å²) in [4.78, 5) is 54.4. The molecule has 2 aliphatic heterocycles. The van der Waals surface area contributed by atoms with Gasteiger partial charge < -0.3 is 70.2 Å². The van der Waals surface area contributed by atoms with Crippen molar-refractivity contribution in [3.63, 3.8) is 0 Å². The third kappa shape index (κ3) is 13.9. The molecule has 8 aliphatic rings. The van der Waals surface area contributed by atoms with Crippen LogP contribution in [-0.2, 0) is 42.9 Å². The number of ketones is 2. The predicted octanol–water partition coefficient (Wildman–Crippen LogP) is 5.02. The summed E-state index contributed by atoms with van der Waals surface area (Å²) < 4.78 is 32.0. The molecule has 0 bridgehead atoms. The Kier molecular flexibility index (Phi) is 22.2. The Bertz CT molecular complexity index is 2050. The number of carbonyl (C=O) groups is 4. The fourth-order valence-electron chi connectivity index (χ4n) is 17.6. The highest BCUT2D eigenvalue weighted by Crippen LogP contribution is 2.68. The molecule has 5 unspecified atom stereocenters. The van der Waals surface area contributed by atoms with Gasteiger partial charge in [-0.05, 0) is 148 Å². The second kappa shape index (κ2) is 27.9. The van der Waals surface area contributed by atoms with Gasteiger partial charge in [-0.15, -0.1) is 0 Å². The number of hydrogen-bond donors (Lipinski definition) is 10. The van der Waals surface area contributed by atoms with E-state index in [9.17, 15) is 55.0 Å². The molecular weight excluding hydrogens is 1030 g/mol. The van der Waals surface area contributed by atoms with E-state index in [4.69, 9.17) is 23.7 Å². The number of hydrogen-bond acceptors (Lipinski definition) is 17. The van der Waals surface area contributed by atoms with Crippen LogP contribution < -0.4 is 16.1 Å². The summed E-state index contributed by atoms with van der Waals surface area (Å²) in [6.45, 7) is 13.5. The molecule has 0 aromatic carbocycles. The minimum atomic E-state index is -1.65. The first-order valence-electron chi connectivity index (χ1n) is 31.4. The summed E-state index contributed by atoms with van der Waals surface area (Å²) in [5.41, 5.74) is 2.09. The molecule has 19 nitrogen and oxygen atoms in total. The van der Waals surface area contributed by atoms with Gasteiger partial charge in [0.05, 0.1) is 37.6 Å². The number of carbonyl (C=O) groups excluding carboxylic acids is 4. The molecule has 2 amide bonds. The molecule has 8 fully saturated rings. The fraction of sp³-hybridized carbons (Fsp3) is 0.934. The van der Waals surface area contributed by atoms with Crippen molar-refractivity contribution < 1.29 is 78.7 Å². The van der Waals surface area contributed by atoms with Crippen molar-refractivity contribution in [2.75, 3.05) is 19.7 Å². The molecule has 2 saturated heterocycles. The third-order valence-electron chi connectivity index (χ3n) is 22.3. The highest BCUT2D eigenvalue weighted by atomic mass is 16.7. The second-order valence-electron chi connectivity index (χ2n) is 27.1. The molecule has 458 valence electrons. The maximum Gasteiger partial charge on any atom is 0.220 e. The first-order valence-corrected chi connectivity index (χ1v) is 31.4. The van der Waals surface area contributed by atoms with Crippen LogP contribution >= 0.6 is 0 Å². The Balaban J connectivity index is 0.913. The van der Waals surface area contributed by atoms with E-state index in [1.54, 1.807) is 6.92 Å². The van der Waals surface area contributed by atoms with Crippen molar-refractivity contribution in [3.05, 3.63) is 0 Å². The quantitative estimate of drug-likeness (QED) is 0.0475. The smallest absolute Gasteiger partial charge is 0.220 e. The van der Waals surface area contributed by atoms with Crippen LogP contribution in [-0.4, -0.2) is 165 Å². The molecule has 25 atom stereocenters. The second-order valence-corrected chi connectivity index (χ2v) is 27.1. The number of rotatable bonds is 23. The van der Waals surface area contributed by atoms with Crippen LogP contribution in [0.3, 0.4) is 0 Å². The van der Waals surface area contributed by atoms with Crippen molar-refractivity contribution in [2.24, 2.45) is 70.0 Å². The average Bonchev–Trinajstić information content (AvgIpc) is 4.00. The number of fused-ring (bicyclic) bond motifs is 5. The SMILES string of the molecule is CC[C@@H]1CC(C(=O)CCCNC(=O)CC[C@@H](C)[C@H]2CC[C@H]3[C@@H]4CC[C@@H]5C[C@H](C)CC[C@]5(C)[C@H]4C[C@H](O)[C@]23C)C[C@@H](O[C@@H]2O[C@@H](CO)[C@H](O)C(O[C@@H](CC3CCCCC3)C(=O)CNO)C2NC(C)=O)[C@@H]1OC1O[C@@H](C)[C@H](O)C(O)[C@@H]1O. The first-order chi connectivity index (χ1) is 38.1. The summed E-state index contributed by atoms with van der Waals surface area (Å²) in [7, 11) is 0. The summed E-state index contributed by atoms with van der Waals surface area (Å²) in [6.07, 6.45) is 1.17. The zero-order valence-electron chi connectivity index (χ0n) is 49.1. The van der Waals surface area contributed by atoms with Crippen LogP contribution in [0.2, 0.25) is 0 Å². The summed E-state index contributed by atoms with van der Waals surface area (Å²) in [6, 6.07) is -1.27. The van der Waals surface area contributed by atoms with E-state index >= 15 is 0 Å². The number of Topliss-reactive ketones (excluding diaryl/α,β-unsaturated/α-hetero) is 2. The molecule has 0 aromatic rings. The normalized spacial score (nSPS) is 44.0. The molecule has 8 rings (SSSR count). The Hall–Kier alpha value is -2.24. The Labute approximate surface area is 475 Å². The van der Waals surface area contributed by atoms with E-state index in [1.807, 2.05) is 12.4 Å². The summed E-state index contributed by atoms with van der Waals surface area (Å²) in [5, 5.41) is 82.3. The van der Waals surface area contributed by atoms with Crippen molar-refractivity contribution in [1.82, 2.24) is 16.1 Å². The third-order valence-corrected chi connectivity index (χ3v) is 22.3. The lowest BCUT2D eigenvalue weighted by Crippen LogP contribution is -2.67. The van der Waals surface area contributed by atoms with Gasteiger partial charge in [-0.3, -0.25) is 19.2 Å². The van der Waals surface area contributed by atoms with Gasteiger partial charge in [-0.25, -0.2) is 0 Å². The molecule has 0 radical (unpaired) electrons. The predicted molar refractivity (Wildman–Crippen MR) is 294 cm³/mol. The van der Waals surface area contributed by atoms with E-state index < -0.39 is 116 Å². The van der Waals surface area contributed by atoms with Gasteiger partial charge in [0.2, 0.25) is 11.8 Å². The molecule has 6 saturated carbocycles. The highest BCUT2D eigenvalue weighted by Gasteiger charge is 2.64. The molecule has 2 heterocycles. The molecule has 0 aromatic heterocycles. The maximum atomic E-state index is 14.4. The first kappa shape index (κ1) is 63.8. The van der Waals surface area contributed by atoms with Gasteiger partial charge in [0.25, 0.3) is 0 Å². The lowest BCUT2D eigenvalue weighted by molar-refractivity contribution is -0.338. The molecule has 19 heteroatoms. The highest BCUT2D eigenvalue weighted by molar-refractivity contribution is 5.85. The molecule has 10 N–H and O–H groups in total. The molecular formula is C61H103N3O16. The van der Waals surface area contributed by atoms with Gasteiger partial charge in [-0.1, -0.05) is 79.6 Å². The van der Waals surface area contributed by atoms with Crippen molar-refractivity contribution in [2.45, 2.75) is 269 Å². The topological polar surface area (TPSA) is 292 Å². The monoisotopic (exact) mass is 1130 g/mol. The van der Waals surface area contributed by atoms with Crippen LogP contribution in [0.15, 0.2) is 0 Å². The molecule has 80 heavy (non-hydrogen) atoms. The van der Waals surface area contributed by atoms with Crippen molar-refractivity contribution >= 4 is 23.4 Å². The molecule has 0 spiro atoms. The Morgan fingerprint density at radius 3 is 2.24 bits per heavy atom. The maximum absolute atomic E-state index is 14.4. The number of aliphatic hydroxyl groups excluding tert-OH is 6. The molecule has 6 aliphatic carbocycles. The zero-order valence-corrected chi connectivity index (χ0v) is 49.1. The van der Waals surface area contributed by atoms with Gasteiger partial charge in [-0.2, -0.15) is 5.48 Å². The Morgan fingerprint density at radius 1 is 0.787 bits per heavy atom. The van der Waals surface area contributed by atoms with E-state index in [-0.39, 0.29) is 47.9 Å². The minimum absolute atomic E-state index is 0.0631. The minimum Gasteiger partial charge on any atom is -0.394 e. The number of aliphatic hydroxyl groups is 6. The van der Waals surface area contributed by atoms with Crippen LogP contribution in [0.5, 0.6) is 0 Å². The average molecular weight is 1130 g/mol. The van der Waals surface area contributed by atoms with Crippen LogP contribution in [0.1, 0.15) is 183 Å². The van der Waals surface area contributed by atoms with Crippen molar-refractivity contribution in [1.29, 1.82) is 0 Å². The number of amides is 2. The van der Waals surface area contributed by atoms with Gasteiger partial charge in [0.1, 0.15) is 54.6 Å². The van der Waals surface area contributed by atoms with Gasteiger partial charge in [0, 0.05) is 32.2 Å². The largest absolute Gasteiger partial charge is 0.394 e. The lowest BCUT2D eigenvalue weighted by atomic mass is 9.43. The zero-order chi connectivity index (χ0) is 57.8. The fourth-order valence-corrected chi connectivity index (χ4v) is 17.6. The lowest BCUT2D eigenvalue weighted by Gasteiger charge is -2.62. The van der Waals surface area contributed by atoms with Gasteiger partial charge >= 0.3 is 0 Å².